The molecule has 5 heteroatoms. The molecule has 1 aromatic carbocycles. The maximum atomic E-state index is 12.7. The third-order valence-electron chi connectivity index (χ3n) is 4.01. The van der Waals surface area contributed by atoms with Crippen molar-refractivity contribution >= 4 is 34.7 Å². The zero-order chi connectivity index (χ0) is 15.4. The first kappa shape index (κ1) is 13.1. The van der Waals surface area contributed by atoms with E-state index >= 15 is 0 Å². The molecule has 0 amide bonds. The molecule has 0 bridgehead atoms. The Hall–Kier alpha value is -2.59. The van der Waals surface area contributed by atoms with Gasteiger partial charge in [0.25, 0.3) is 5.56 Å². The SMILES string of the molecule is C=Cc1nc2n(c(=O)c1C=C)C(Cl)c1c-2[nH]c2ccccc12. The average molecular weight is 310 g/mol. The molecule has 1 aliphatic heterocycles. The van der Waals surface area contributed by atoms with Crippen molar-refractivity contribution in [2.75, 3.05) is 0 Å². The lowest BCUT2D eigenvalue weighted by Crippen LogP contribution is -2.25. The average Bonchev–Trinajstić information content (AvgIpc) is 3.03. The molecule has 3 aromatic rings. The zero-order valence-corrected chi connectivity index (χ0v) is 12.4. The normalized spacial score (nSPS) is 15.6. The molecule has 108 valence electrons. The predicted octanol–water partition coefficient (Wildman–Crippen LogP) is 3.78. The summed E-state index contributed by atoms with van der Waals surface area (Å²) < 4.78 is 1.50. The molecule has 1 unspecified atom stereocenters. The molecular formula is C17H12ClN3O. The Morgan fingerprint density at radius 2 is 2.05 bits per heavy atom. The van der Waals surface area contributed by atoms with Crippen LogP contribution in [-0.4, -0.2) is 14.5 Å². The van der Waals surface area contributed by atoms with Crippen LogP contribution in [0, 0.1) is 0 Å². The van der Waals surface area contributed by atoms with Gasteiger partial charge in [-0.15, -0.1) is 0 Å². The van der Waals surface area contributed by atoms with Crippen molar-refractivity contribution in [3.63, 3.8) is 0 Å². The van der Waals surface area contributed by atoms with E-state index in [2.05, 4.69) is 23.1 Å². The number of nitrogens with one attached hydrogen (secondary N) is 1. The van der Waals surface area contributed by atoms with E-state index in [-0.39, 0.29) is 5.56 Å². The summed E-state index contributed by atoms with van der Waals surface area (Å²) in [6, 6.07) is 7.86. The number of fused-ring (bicyclic) bond motifs is 5. The molecule has 3 heterocycles. The molecule has 1 aliphatic rings. The fourth-order valence-electron chi connectivity index (χ4n) is 3.01. The van der Waals surface area contributed by atoms with Crippen molar-refractivity contribution in [3.05, 3.63) is 64.6 Å². The smallest absolute Gasteiger partial charge is 0.263 e. The van der Waals surface area contributed by atoms with Crippen LogP contribution in [0.25, 0.3) is 34.6 Å². The van der Waals surface area contributed by atoms with Crippen LogP contribution in [-0.2, 0) is 0 Å². The number of rotatable bonds is 2. The molecule has 1 atom stereocenters. The van der Waals surface area contributed by atoms with Crippen LogP contribution in [0.3, 0.4) is 0 Å². The van der Waals surface area contributed by atoms with Gasteiger partial charge in [-0.05, 0) is 12.1 Å². The Bertz CT molecular complexity index is 1010. The van der Waals surface area contributed by atoms with E-state index in [0.29, 0.717) is 17.1 Å². The minimum atomic E-state index is -0.585. The first-order valence-corrected chi connectivity index (χ1v) is 7.27. The molecule has 0 spiro atoms. The van der Waals surface area contributed by atoms with Gasteiger partial charge in [0.2, 0.25) is 0 Å². The summed E-state index contributed by atoms with van der Waals surface area (Å²) in [7, 11) is 0. The van der Waals surface area contributed by atoms with E-state index in [9.17, 15) is 4.79 Å². The van der Waals surface area contributed by atoms with Crippen LogP contribution in [0.1, 0.15) is 22.3 Å². The standard InChI is InChI=1S/C17H12ClN3O/c1-3-9-11(4-2)20-16-14-13(15(18)21(16)17(9)22)10-7-5-6-8-12(10)19-14/h3-8,15,19H,1-2H2. The van der Waals surface area contributed by atoms with Gasteiger partial charge >= 0.3 is 0 Å². The topological polar surface area (TPSA) is 50.7 Å². The summed E-state index contributed by atoms with van der Waals surface area (Å²) in [6.45, 7) is 7.41. The minimum absolute atomic E-state index is 0.205. The number of nitrogens with zero attached hydrogens (tertiary/aromatic N) is 2. The van der Waals surface area contributed by atoms with E-state index in [0.717, 1.165) is 22.2 Å². The first-order chi connectivity index (χ1) is 10.7. The minimum Gasteiger partial charge on any atom is -0.352 e. The molecule has 0 radical (unpaired) electrons. The highest BCUT2D eigenvalue weighted by Gasteiger charge is 2.34. The second-order valence-electron chi connectivity index (χ2n) is 5.11. The second kappa shape index (κ2) is 4.45. The molecule has 4 nitrogen and oxygen atoms in total. The van der Waals surface area contributed by atoms with Crippen molar-refractivity contribution in [1.82, 2.24) is 14.5 Å². The van der Waals surface area contributed by atoms with Crippen LogP contribution in [0.5, 0.6) is 0 Å². The molecule has 0 fully saturated rings. The maximum Gasteiger partial charge on any atom is 0.263 e. The van der Waals surface area contributed by atoms with Gasteiger partial charge in [0.05, 0.1) is 17.0 Å². The summed E-state index contributed by atoms with van der Waals surface area (Å²) >= 11 is 6.57. The summed E-state index contributed by atoms with van der Waals surface area (Å²) in [4.78, 5) is 20.6. The van der Waals surface area contributed by atoms with Crippen molar-refractivity contribution in [1.29, 1.82) is 0 Å². The molecule has 0 aliphatic carbocycles. The van der Waals surface area contributed by atoms with Gasteiger partial charge in [0.15, 0.2) is 5.82 Å². The number of hydrogen-bond acceptors (Lipinski definition) is 2. The van der Waals surface area contributed by atoms with Gasteiger partial charge in [-0.3, -0.25) is 9.36 Å². The van der Waals surface area contributed by atoms with Crippen molar-refractivity contribution in [2.45, 2.75) is 5.50 Å². The van der Waals surface area contributed by atoms with Gasteiger partial charge in [0, 0.05) is 16.5 Å². The number of aromatic nitrogens is 3. The van der Waals surface area contributed by atoms with E-state index < -0.39 is 5.50 Å². The molecular weight excluding hydrogens is 298 g/mol. The van der Waals surface area contributed by atoms with Crippen LogP contribution in [0.2, 0.25) is 0 Å². The number of alkyl halides is 1. The van der Waals surface area contributed by atoms with Crippen LogP contribution >= 0.6 is 11.6 Å². The molecule has 0 saturated heterocycles. The number of halogens is 1. The van der Waals surface area contributed by atoms with Gasteiger partial charge in [-0.1, -0.05) is 49.0 Å². The van der Waals surface area contributed by atoms with E-state index in [1.54, 1.807) is 6.08 Å². The van der Waals surface area contributed by atoms with Crippen LogP contribution in [0.4, 0.5) is 0 Å². The Labute approximate surface area is 131 Å². The second-order valence-corrected chi connectivity index (χ2v) is 5.53. The molecule has 2 aromatic heterocycles. The summed E-state index contributed by atoms with van der Waals surface area (Å²) in [5.41, 5.74) is 2.80. The fraction of sp³-hybridized carbons (Fsp3) is 0.0588. The van der Waals surface area contributed by atoms with Crippen LogP contribution in [0.15, 0.2) is 42.2 Å². The van der Waals surface area contributed by atoms with Crippen molar-refractivity contribution in [3.8, 4) is 11.5 Å². The summed E-state index contributed by atoms with van der Waals surface area (Å²) in [5, 5.41) is 1.00. The monoisotopic (exact) mass is 309 g/mol. The highest BCUT2D eigenvalue weighted by Crippen LogP contribution is 2.43. The number of hydrogen-bond donors (Lipinski definition) is 1. The Morgan fingerprint density at radius 1 is 1.27 bits per heavy atom. The number of para-hydroxylation sites is 1. The van der Waals surface area contributed by atoms with Gasteiger partial charge < -0.3 is 4.98 Å². The van der Waals surface area contributed by atoms with E-state index in [4.69, 9.17) is 11.6 Å². The molecule has 22 heavy (non-hydrogen) atoms. The third-order valence-corrected chi connectivity index (χ3v) is 4.43. The van der Waals surface area contributed by atoms with Gasteiger partial charge in [0.1, 0.15) is 5.50 Å². The fourth-order valence-corrected chi connectivity index (χ4v) is 3.42. The quantitative estimate of drug-likeness (QED) is 0.732. The number of H-pyrrole nitrogens is 1. The highest BCUT2D eigenvalue weighted by atomic mass is 35.5. The molecule has 1 N–H and O–H groups in total. The summed E-state index contributed by atoms with van der Waals surface area (Å²) in [5.74, 6) is 0.539. The largest absolute Gasteiger partial charge is 0.352 e. The lowest BCUT2D eigenvalue weighted by Gasteiger charge is -2.11. The Balaban J connectivity index is 2.15. The third kappa shape index (κ3) is 1.47. The molecule has 0 saturated carbocycles. The molecule has 4 rings (SSSR count). The van der Waals surface area contributed by atoms with Crippen LogP contribution < -0.4 is 5.56 Å². The van der Waals surface area contributed by atoms with Gasteiger partial charge in [-0.2, -0.15) is 0 Å². The van der Waals surface area contributed by atoms with Crippen molar-refractivity contribution < 1.29 is 0 Å². The number of aromatic amines is 1. The lowest BCUT2D eigenvalue weighted by molar-refractivity contribution is 0.754. The zero-order valence-electron chi connectivity index (χ0n) is 11.6. The lowest BCUT2D eigenvalue weighted by atomic mass is 10.1. The maximum absolute atomic E-state index is 12.7. The van der Waals surface area contributed by atoms with E-state index in [1.807, 2.05) is 24.3 Å². The van der Waals surface area contributed by atoms with Gasteiger partial charge in [-0.25, -0.2) is 4.98 Å². The number of benzene rings is 1. The van der Waals surface area contributed by atoms with Crippen molar-refractivity contribution in [2.24, 2.45) is 0 Å². The van der Waals surface area contributed by atoms with E-state index in [1.165, 1.54) is 10.6 Å². The summed E-state index contributed by atoms with van der Waals surface area (Å²) in [6.07, 6.45) is 3.05. The highest BCUT2D eigenvalue weighted by molar-refractivity contribution is 6.23. The first-order valence-electron chi connectivity index (χ1n) is 6.83. The Kier molecular flexibility index (Phi) is 2.65. The Morgan fingerprint density at radius 3 is 2.77 bits per heavy atom. The predicted molar refractivity (Wildman–Crippen MR) is 90.0 cm³/mol.